The molecule has 0 aromatic rings. The number of carbonyl (C=O) groups is 3. The van der Waals surface area contributed by atoms with Gasteiger partial charge in [0.25, 0.3) is 0 Å². The topological polar surface area (TPSA) is 81.7 Å². The Morgan fingerprint density at radius 1 is 0.690 bits per heavy atom. The van der Waals surface area contributed by atoms with Gasteiger partial charge in [0.15, 0.2) is 5.92 Å². The van der Waals surface area contributed by atoms with Gasteiger partial charge in [0.1, 0.15) is 0 Å². The van der Waals surface area contributed by atoms with Gasteiger partial charge in [-0.15, -0.1) is 0 Å². The SMILES string of the molecule is CCCCC(CCCCCCCCCC(C(=O)OCC)C(=O)OCC)NC(C)=O. The summed E-state index contributed by atoms with van der Waals surface area (Å²) in [5, 5.41) is 3.07. The van der Waals surface area contributed by atoms with E-state index in [2.05, 4.69) is 12.2 Å². The molecule has 170 valence electrons. The second kappa shape index (κ2) is 18.4. The molecular formula is C23H43NO5. The van der Waals surface area contributed by atoms with Crippen molar-refractivity contribution in [1.29, 1.82) is 0 Å². The van der Waals surface area contributed by atoms with E-state index in [0.717, 1.165) is 57.8 Å². The first kappa shape index (κ1) is 27.4. The number of esters is 2. The molecule has 6 nitrogen and oxygen atoms in total. The quantitative estimate of drug-likeness (QED) is 0.196. The molecule has 0 radical (unpaired) electrons. The van der Waals surface area contributed by atoms with E-state index in [9.17, 15) is 14.4 Å². The molecule has 0 aliphatic heterocycles. The first-order valence-electron chi connectivity index (χ1n) is 11.6. The molecule has 0 aromatic heterocycles. The van der Waals surface area contributed by atoms with Gasteiger partial charge >= 0.3 is 11.9 Å². The summed E-state index contributed by atoms with van der Waals surface area (Å²) in [5.41, 5.74) is 0. The Kier molecular flexibility index (Phi) is 17.4. The maximum atomic E-state index is 11.9. The van der Waals surface area contributed by atoms with E-state index in [-0.39, 0.29) is 19.1 Å². The van der Waals surface area contributed by atoms with E-state index in [4.69, 9.17) is 9.47 Å². The van der Waals surface area contributed by atoms with Gasteiger partial charge in [-0.3, -0.25) is 14.4 Å². The summed E-state index contributed by atoms with van der Waals surface area (Å²) in [7, 11) is 0. The van der Waals surface area contributed by atoms with E-state index in [0.29, 0.717) is 12.5 Å². The lowest BCUT2D eigenvalue weighted by Gasteiger charge is -2.17. The van der Waals surface area contributed by atoms with Crippen molar-refractivity contribution >= 4 is 17.8 Å². The van der Waals surface area contributed by atoms with Crippen molar-refractivity contribution in [2.45, 2.75) is 111 Å². The summed E-state index contributed by atoms with van der Waals surface area (Å²) in [4.78, 5) is 35.2. The normalized spacial score (nSPS) is 11.9. The average Bonchev–Trinajstić information content (AvgIpc) is 2.67. The Labute approximate surface area is 177 Å². The third kappa shape index (κ3) is 15.0. The smallest absolute Gasteiger partial charge is 0.320 e. The van der Waals surface area contributed by atoms with Gasteiger partial charge in [0.05, 0.1) is 13.2 Å². The lowest BCUT2D eigenvalue weighted by atomic mass is 9.99. The lowest BCUT2D eigenvalue weighted by molar-refractivity contribution is -0.162. The molecule has 0 rings (SSSR count). The molecule has 0 spiro atoms. The van der Waals surface area contributed by atoms with E-state index < -0.39 is 17.9 Å². The Morgan fingerprint density at radius 2 is 1.14 bits per heavy atom. The Bertz CT molecular complexity index is 435. The van der Waals surface area contributed by atoms with Crippen molar-refractivity contribution in [1.82, 2.24) is 5.32 Å². The first-order valence-corrected chi connectivity index (χ1v) is 11.6. The zero-order valence-electron chi connectivity index (χ0n) is 19.1. The van der Waals surface area contributed by atoms with Crippen molar-refractivity contribution in [2.24, 2.45) is 5.92 Å². The first-order chi connectivity index (χ1) is 14.0. The summed E-state index contributed by atoms with van der Waals surface area (Å²) in [6, 6.07) is 0.315. The van der Waals surface area contributed by atoms with Gasteiger partial charge in [0.2, 0.25) is 5.91 Å². The van der Waals surface area contributed by atoms with Crippen LogP contribution in [0.2, 0.25) is 0 Å². The summed E-state index contributed by atoms with van der Waals surface area (Å²) in [5.74, 6) is -1.66. The van der Waals surface area contributed by atoms with Gasteiger partial charge in [-0.2, -0.15) is 0 Å². The highest BCUT2D eigenvalue weighted by Crippen LogP contribution is 2.17. The number of carbonyl (C=O) groups excluding carboxylic acids is 3. The molecule has 0 aliphatic rings. The molecular weight excluding hydrogens is 370 g/mol. The van der Waals surface area contributed by atoms with Crippen LogP contribution in [-0.2, 0) is 23.9 Å². The van der Waals surface area contributed by atoms with Crippen LogP contribution in [0.3, 0.4) is 0 Å². The predicted molar refractivity (Wildman–Crippen MR) is 115 cm³/mol. The van der Waals surface area contributed by atoms with Crippen LogP contribution in [0.1, 0.15) is 105 Å². The molecule has 0 fully saturated rings. The van der Waals surface area contributed by atoms with Crippen LogP contribution in [0.25, 0.3) is 0 Å². The number of unbranched alkanes of at least 4 members (excludes halogenated alkanes) is 7. The zero-order valence-corrected chi connectivity index (χ0v) is 19.1. The molecule has 0 aliphatic carbocycles. The number of amides is 1. The van der Waals surface area contributed by atoms with Gasteiger partial charge in [-0.1, -0.05) is 64.7 Å². The summed E-state index contributed by atoms with van der Waals surface area (Å²) < 4.78 is 9.99. The standard InChI is InChI=1S/C23H43NO5/c1-5-8-16-20(24-19(4)25)17-14-12-10-9-11-13-15-18-21(22(26)28-6-2)23(27)29-7-3/h20-21H,5-18H2,1-4H3,(H,24,25). The van der Waals surface area contributed by atoms with Crippen LogP contribution >= 0.6 is 0 Å². The second-order valence-electron chi connectivity index (χ2n) is 7.65. The molecule has 1 N–H and O–H groups in total. The highest BCUT2D eigenvalue weighted by molar-refractivity contribution is 5.94. The molecule has 0 aromatic carbocycles. The van der Waals surface area contributed by atoms with Crippen LogP contribution < -0.4 is 5.32 Å². The Morgan fingerprint density at radius 3 is 1.59 bits per heavy atom. The minimum atomic E-state index is -0.788. The van der Waals surface area contributed by atoms with E-state index >= 15 is 0 Å². The monoisotopic (exact) mass is 413 g/mol. The van der Waals surface area contributed by atoms with Crippen LogP contribution in [0.15, 0.2) is 0 Å². The molecule has 0 heterocycles. The fourth-order valence-corrected chi connectivity index (χ4v) is 3.47. The van der Waals surface area contributed by atoms with Crippen molar-refractivity contribution in [2.75, 3.05) is 13.2 Å². The summed E-state index contributed by atoms with van der Waals surface area (Å²) in [6.07, 6.45) is 12.5. The largest absolute Gasteiger partial charge is 0.465 e. The van der Waals surface area contributed by atoms with Gasteiger partial charge < -0.3 is 14.8 Å². The van der Waals surface area contributed by atoms with Crippen LogP contribution in [0.5, 0.6) is 0 Å². The molecule has 29 heavy (non-hydrogen) atoms. The molecule has 6 heteroatoms. The fourth-order valence-electron chi connectivity index (χ4n) is 3.47. The van der Waals surface area contributed by atoms with Crippen LogP contribution in [0.4, 0.5) is 0 Å². The van der Waals surface area contributed by atoms with E-state index in [1.165, 1.54) is 12.8 Å². The molecule has 0 saturated heterocycles. The molecule has 1 unspecified atom stereocenters. The van der Waals surface area contributed by atoms with Gasteiger partial charge in [-0.05, 0) is 33.1 Å². The number of hydrogen-bond acceptors (Lipinski definition) is 5. The predicted octanol–water partition coefficient (Wildman–Crippen LogP) is 4.93. The highest BCUT2D eigenvalue weighted by Gasteiger charge is 2.28. The minimum Gasteiger partial charge on any atom is -0.465 e. The average molecular weight is 414 g/mol. The molecule has 0 saturated carbocycles. The van der Waals surface area contributed by atoms with Crippen molar-refractivity contribution < 1.29 is 23.9 Å². The van der Waals surface area contributed by atoms with Gasteiger partial charge in [0, 0.05) is 13.0 Å². The maximum Gasteiger partial charge on any atom is 0.320 e. The number of hydrogen-bond donors (Lipinski definition) is 1. The minimum absolute atomic E-state index is 0.0649. The van der Waals surface area contributed by atoms with E-state index in [1.807, 2.05) is 0 Å². The second-order valence-corrected chi connectivity index (χ2v) is 7.65. The number of nitrogens with one attached hydrogen (secondary N) is 1. The Hall–Kier alpha value is -1.59. The third-order valence-electron chi connectivity index (χ3n) is 5.00. The van der Waals surface area contributed by atoms with E-state index in [1.54, 1.807) is 20.8 Å². The summed E-state index contributed by atoms with van der Waals surface area (Å²) in [6.45, 7) is 7.79. The van der Waals surface area contributed by atoms with Crippen molar-refractivity contribution in [3.8, 4) is 0 Å². The zero-order chi connectivity index (χ0) is 21.9. The Balaban J connectivity index is 3.91. The molecule has 0 bridgehead atoms. The molecule has 1 amide bonds. The van der Waals surface area contributed by atoms with Crippen LogP contribution in [0, 0.1) is 5.92 Å². The van der Waals surface area contributed by atoms with Gasteiger partial charge in [-0.25, -0.2) is 0 Å². The fraction of sp³-hybridized carbons (Fsp3) is 0.870. The van der Waals surface area contributed by atoms with Crippen molar-refractivity contribution in [3.05, 3.63) is 0 Å². The number of ether oxygens (including phenoxy) is 2. The van der Waals surface area contributed by atoms with Crippen molar-refractivity contribution in [3.63, 3.8) is 0 Å². The number of rotatable bonds is 18. The molecule has 1 atom stereocenters. The third-order valence-corrected chi connectivity index (χ3v) is 5.00. The highest BCUT2D eigenvalue weighted by atomic mass is 16.6. The summed E-state index contributed by atoms with van der Waals surface area (Å²) >= 11 is 0. The maximum absolute atomic E-state index is 11.9. The van der Waals surface area contributed by atoms with Crippen LogP contribution in [-0.4, -0.2) is 37.1 Å². The lowest BCUT2D eigenvalue weighted by Crippen LogP contribution is -2.32.